The number of hydrogen-bond donors (Lipinski definition) is 1. The van der Waals surface area contributed by atoms with Gasteiger partial charge < -0.3 is 10.1 Å². The van der Waals surface area contributed by atoms with Gasteiger partial charge in [0.2, 0.25) is 0 Å². The van der Waals surface area contributed by atoms with Crippen LogP contribution in [0.1, 0.15) is 45.1 Å². The molecule has 0 fully saturated rings. The predicted molar refractivity (Wildman–Crippen MR) is 80.4 cm³/mol. The van der Waals surface area contributed by atoms with Gasteiger partial charge in [0, 0.05) is 12.1 Å². The molecule has 0 saturated carbocycles. The van der Waals surface area contributed by atoms with Crippen molar-refractivity contribution in [2.24, 2.45) is 0 Å². The highest BCUT2D eigenvalue weighted by Gasteiger charge is 2.20. The van der Waals surface area contributed by atoms with Gasteiger partial charge in [0.15, 0.2) is 5.75 Å². The average Bonchev–Trinajstić information content (AvgIpc) is 2.45. The van der Waals surface area contributed by atoms with E-state index in [1.165, 1.54) is 0 Å². The van der Waals surface area contributed by atoms with E-state index >= 15 is 0 Å². The van der Waals surface area contributed by atoms with E-state index in [4.69, 9.17) is 4.74 Å². The van der Waals surface area contributed by atoms with Gasteiger partial charge in [-0.2, -0.15) is 0 Å². The number of ether oxygens (including phenoxy) is 1. The Bertz CT molecular complexity index is 445. The molecule has 0 aromatic heterocycles. The molecular formula is C15H24N2O3. The quantitative estimate of drug-likeness (QED) is 0.585. The van der Waals surface area contributed by atoms with E-state index < -0.39 is 4.92 Å². The van der Waals surface area contributed by atoms with Crippen LogP contribution < -0.4 is 10.1 Å². The highest BCUT2D eigenvalue weighted by Crippen LogP contribution is 2.32. The van der Waals surface area contributed by atoms with Crippen molar-refractivity contribution in [2.45, 2.75) is 45.6 Å². The zero-order valence-electron chi connectivity index (χ0n) is 12.7. The fourth-order valence-corrected chi connectivity index (χ4v) is 2.33. The Morgan fingerprint density at radius 2 is 2.10 bits per heavy atom. The van der Waals surface area contributed by atoms with Crippen molar-refractivity contribution < 1.29 is 9.66 Å². The summed E-state index contributed by atoms with van der Waals surface area (Å²) in [6, 6.07) is 5.51. The molecule has 0 heterocycles. The molecule has 0 radical (unpaired) electrons. The lowest BCUT2D eigenvalue weighted by Crippen LogP contribution is -2.29. The van der Waals surface area contributed by atoms with Crippen LogP contribution in [0.4, 0.5) is 5.69 Å². The fourth-order valence-electron chi connectivity index (χ4n) is 2.33. The summed E-state index contributed by atoms with van der Waals surface area (Å²) in [4.78, 5) is 10.6. The summed E-state index contributed by atoms with van der Waals surface area (Å²) in [6.45, 7) is 6.71. The smallest absolute Gasteiger partial charge is 0.310 e. The molecule has 0 aliphatic carbocycles. The number of nitro benzene ring substituents is 1. The topological polar surface area (TPSA) is 64.4 Å². The second-order valence-corrected chi connectivity index (χ2v) is 4.92. The number of hydrogen-bond acceptors (Lipinski definition) is 4. The van der Waals surface area contributed by atoms with E-state index in [0.29, 0.717) is 18.4 Å². The van der Waals surface area contributed by atoms with Crippen LogP contribution in [0.5, 0.6) is 5.75 Å². The number of nitrogens with one attached hydrogen (secondary N) is 1. The minimum Gasteiger partial charge on any atom is -0.487 e. The molecule has 5 heteroatoms. The highest BCUT2D eigenvalue weighted by atomic mass is 16.6. The molecule has 1 aromatic carbocycles. The fraction of sp³-hybridized carbons (Fsp3) is 0.600. The highest BCUT2D eigenvalue weighted by molar-refractivity contribution is 5.49. The van der Waals surface area contributed by atoms with Crippen molar-refractivity contribution in [3.63, 3.8) is 0 Å². The van der Waals surface area contributed by atoms with Gasteiger partial charge in [0.25, 0.3) is 0 Å². The largest absolute Gasteiger partial charge is 0.487 e. The summed E-state index contributed by atoms with van der Waals surface area (Å²) in [5, 5.41) is 14.3. The van der Waals surface area contributed by atoms with Crippen molar-refractivity contribution in [1.29, 1.82) is 0 Å². The second-order valence-electron chi connectivity index (χ2n) is 4.92. The number of nitrogens with zero attached hydrogens (tertiary/aromatic N) is 1. The van der Waals surface area contributed by atoms with E-state index in [-0.39, 0.29) is 11.6 Å². The summed E-state index contributed by atoms with van der Waals surface area (Å²) in [7, 11) is 1.94. The Morgan fingerprint density at radius 1 is 1.40 bits per heavy atom. The Kier molecular flexibility index (Phi) is 6.45. The van der Waals surface area contributed by atoms with E-state index in [2.05, 4.69) is 19.2 Å². The third kappa shape index (κ3) is 3.93. The lowest BCUT2D eigenvalue weighted by atomic mass is 9.91. The molecule has 0 aliphatic rings. The molecular weight excluding hydrogens is 256 g/mol. The number of rotatable bonds is 8. The molecule has 1 N–H and O–H groups in total. The summed E-state index contributed by atoms with van der Waals surface area (Å²) < 4.78 is 5.52. The maximum Gasteiger partial charge on any atom is 0.310 e. The van der Waals surface area contributed by atoms with Crippen LogP contribution in [-0.2, 0) is 0 Å². The third-order valence-electron chi connectivity index (χ3n) is 3.58. The molecule has 112 valence electrons. The SMILES string of the molecule is CCCOc1cc(C(C)C(CC)NC)ccc1[N+](=O)[O-]. The van der Waals surface area contributed by atoms with Gasteiger partial charge in [0.05, 0.1) is 11.5 Å². The van der Waals surface area contributed by atoms with Crippen LogP contribution in [0.15, 0.2) is 18.2 Å². The Labute approximate surface area is 120 Å². The number of benzene rings is 1. The van der Waals surface area contributed by atoms with E-state index in [1.807, 2.05) is 20.0 Å². The van der Waals surface area contributed by atoms with Crippen LogP contribution >= 0.6 is 0 Å². The van der Waals surface area contributed by atoms with Gasteiger partial charge in [0.1, 0.15) is 0 Å². The normalized spacial score (nSPS) is 13.8. The van der Waals surface area contributed by atoms with Crippen LogP contribution in [0.25, 0.3) is 0 Å². The van der Waals surface area contributed by atoms with Gasteiger partial charge >= 0.3 is 5.69 Å². The standard InChI is InChI=1S/C15H24N2O3/c1-5-9-20-15-10-12(7-8-14(15)17(18)19)11(3)13(6-2)16-4/h7-8,10-11,13,16H,5-6,9H2,1-4H3. The number of nitro groups is 1. The summed E-state index contributed by atoms with van der Waals surface area (Å²) >= 11 is 0. The van der Waals surface area contributed by atoms with Crippen LogP contribution in [-0.4, -0.2) is 24.6 Å². The van der Waals surface area contributed by atoms with Gasteiger partial charge in [-0.25, -0.2) is 0 Å². The van der Waals surface area contributed by atoms with Gasteiger partial charge in [-0.15, -0.1) is 0 Å². The first-order valence-electron chi connectivity index (χ1n) is 7.13. The van der Waals surface area contributed by atoms with Crippen LogP contribution in [0.2, 0.25) is 0 Å². The van der Waals surface area contributed by atoms with Crippen LogP contribution in [0, 0.1) is 10.1 Å². The molecule has 0 aliphatic heterocycles. The molecule has 1 rings (SSSR count). The lowest BCUT2D eigenvalue weighted by molar-refractivity contribution is -0.385. The summed E-state index contributed by atoms with van der Waals surface area (Å²) in [5.41, 5.74) is 1.09. The van der Waals surface area contributed by atoms with Crippen molar-refractivity contribution in [2.75, 3.05) is 13.7 Å². The second kappa shape index (κ2) is 7.85. The summed E-state index contributed by atoms with van der Waals surface area (Å²) in [6.07, 6.45) is 1.82. The first kappa shape index (κ1) is 16.4. The molecule has 0 saturated heterocycles. The minimum atomic E-state index is -0.394. The Hall–Kier alpha value is -1.62. The van der Waals surface area contributed by atoms with Gasteiger partial charge in [-0.05, 0) is 37.4 Å². The first-order valence-corrected chi connectivity index (χ1v) is 7.13. The molecule has 0 amide bonds. The van der Waals surface area contributed by atoms with Crippen molar-refractivity contribution in [1.82, 2.24) is 5.32 Å². The molecule has 2 atom stereocenters. The Balaban J connectivity index is 3.07. The maximum absolute atomic E-state index is 11.0. The molecule has 20 heavy (non-hydrogen) atoms. The summed E-state index contributed by atoms with van der Waals surface area (Å²) in [5.74, 6) is 0.641. The Morgan fingerprint density at radius 3 is 2.60 bits per heavy atom. The molecule has 1 aromatic rings. The van der Waals surface area contributed by atoms with E-state index in [9.17, 15) is 10.1 Å². The third-order valence-corrected chi connectivity index (χ3v) is 3.58. The predicted octanol–water partition coefficient (Wildman–Crippen LogP) is 3.49. The van der Waals surface area contributed by atoms with Crippen molar-refractivity contribution in [3.8, 4) is 5.75 Å². The van der Waals surface area contributed by atoms with E-state index in [0.717, 1.165) is 18.4 Å². The zero-order valence-corrected chi connectivity index (χ0v) is 12.7. The van der Waals surface area contributed by atoms with Crippen molar-refractivity contribution >= 4 is 5.69 Å². The maximum atomic E-state index is 11.0. The first-order chi connectivity index (χ1) is 9.54. The molecule has 0 spiro atoms. The minimum absolute atomic E-state index is 0.0342. The molecule has 2 unspecified atom stereocenters. The average molecular weight is 280 g/mol. The monoisotopic (exact) mass is 280 g/mol. The van der Waals surface area contributed by atoms with Gasteiger partial charge in [-0.3, -0.25) is 10.1 Å². The van der Waals surface area contributed by atoms with Crippen LogP contribution in [0.3, 0.4) is 0 Å². The zero-order chi connectivity index (χ0) is 15.1. The molecule has 0 bridgehead atoms. The van der Waals surface area contributed by atoms with Crippen molar-refractivity contribution in [3.05, 3.63) is 33.9 Å². The number of likely N-dealkylation sites (N-methyl/N-ethyl adjacent to an activating group) is 1. The van der Waals surface area contributed by atoms with E-state index in [1.54, 1.807) is 12.1 Å². The molecule has 5 nitrogen and oxygen atoms in total. The lowest BCUT2D eigenvalue weighted by Gasteiger charge is -2.23. The van der Waals surface area contributed by atoms with Gasteiger partial charge in [-0.1, -0.05) is 26.8 Å².